The van der Waals surface area contributed by atoms with Gasteiger partial charge in [-0.05, 0) is 59.6 Å². The summed E-state index contributed by atoms with van der Waals surface area (Å²) in [6, 6.07) is 47.5. The number of phenolic OH excluding ortho intramolecular Hbond substituents is 1. The monoisotopic (exact) mass is 446 g/mol. The molecule has 0 saturated carbocycles. The van der Waals surface area contributed by atoms with Gasteiger partial charge in [0.15, 0.2) is 0 Å². The molecule has 2 heteroatoms. The fourth-order valence-corrected chi connectivity index (χ4v) is 6.12. The van der Waals surface area contributed by atoms with Crippen LogP contribution in [0.5, 0.6) is 5.75 Å². The lowest BCUT2D eigenvalue weighted by molar-refractivity contribution is 0.475. The Balaban J connectivity index is 0.000000183. The first-order valence-corrected chi connectivity index (χ1v) is 12.4. The Morgan fingerprint density at radius 3 is 1.39 bits per heavy atom. The van der Waals surface area contributed by atoms with Gasteiger partial charge in [0.2, 0.25) is 0 Å². The summed E-state index contributed by atoms with van der Waals surface area (Å²) in [6.45, 7) is 2.16. The molecule has 0 radical (unpaired) electrons. The highest BCUT2D eigenvalue weighted by atomic mass is 31.1. The first kappa shape index (κ1) is 22.5. The van der Waals surface area contributed by atoms with E-state index < -0.39 is 7.92 Å². The third-order valence-corrected chi connectivity index (χ3v) is 7.97. The number of aryl methyl sites for hydroxylation is 1. The fourth-order valence-electron chi connectivity index (χ4n) is 3.68. The van der Waals surface area contributed by atoms with Crippen LogP contribution in [0.4, 0.5) is 0 Å². The van der Waals surface area contributed by atoms with Crippen molar-refractivity contribution < 1.29 is 5.11 Å². The summed E-state index contributed by atoms with van der Waals surface area (Å²) in [4.78, 5) is 0. The van der Waals surface area contributed by atoms with Crippen molar-refractivity contribution in [3.63, 3.8) is 0 Å². The fraction of sp³-hybridized carbons (Fsp3) is 0.0323. The van der Waals surface area contributed by atoms with Crippen LogP contribution < -0.4 is 15.9 Å². The zero-order valence-electron chi connectivity index (χ0n) is 18.7. The maximum Gasteiger partial charge on any atom is 0.115 e. The zero-order valence-corrected chi connectivity index (χ0v) is 19.6. The van der Waals surface area contributed by atoms with Crippen molar-refractivity contribution in [1.82, 2.24) is 0 Å². The molecule has 0 aliphatic rings. The lowest BCUT2D eigenvalue weighted by Gasteiger charge is -2.21. The average molecular weight is 447 g/mol. The minimum atomic E-state index is -0.590. The first-order valence-electron chi connectivity index (χ1n) is 11.0. The Morgan fingerprint density at radius 1 is 0.455 bits per heavy atom. The van der Waals surface area contributed by atoms with Gasteiger partial charge < -0.3 is 5.11 Å². The van der Waals surface area contributed by atoms with E-state index in [1.54, 1.807) is 12.1 Å². The van der Waals surface area contributed by atoms with Gasteiger partial charge in [-0.15, -0.1) is 0 Å². The molecule has 5 rings (SSSR count). The van der Waals surface area contributed by atoms with Gasteiger partial charge >= 0.3 is 0 Å². The third kappa shape index (κ3) is 5.98. The van der Waals surface area contributed by atoms with Crippen LogP contribution in [0.3, 0.4) is 0 Å². The second-order valence-electron chi connectivity index (χ2n) is 7.71. The predicted octanol–water partition coefficient (Wildman–Crippen LogP) is 6.81. The summed E-state index contributed by atoms with van der Waals surface area (Å²) in [5.41, 5.74) is 3.86. The Morgan fingerprint density at radius 2 is 0.879 bits per heavy atom. The van der Waals surface area contributed by atoms with Crippen molar-refractivity contribution >= 4 is 23.8 Å². The molecule has 0 bridgehead atoms. The van der Waals surface area contributed by atoms with Crippen LogP contribution in [0.15, 0.2) is 140 Å². The van der Waals surface area contributed by atoms with Crippen molar-refractivity contribution in [2.24, 2.45) is 0 Å². The summed E-state index contributed by atoms with van der Waals surface area (Å²) < 4.78 is 0. The highest BCUT2D eigenvalue weighted by Crippen LogP contribution is 2.34. The molecule has 0 aliphatic heterocycles. The molecule has 1 unspecified atom stereocenters. The van der Waals surface area contributed by atoms with Crippen LogP contribution in [0, 0.1) is 6.92 Å². The number of hydrogen-bond acceptors (Lipinski definition) is 1. The van der Waals surface area contributed by atoms with Crippen LogP contribution in [0.1, 0.15) is 5.56 Å². The number of rotatable bonds is 4. The van der Waals surface area contributed by atoms with Crippen LogP contribution in [-0.2, 0) is 0 Å². The van der Waals surface area contributed by atoms with Gasteiger partial charge in [0.25, 0.3) is 0 Å². The highest BCUT2D eigenvalue weighted by Gasteiger charge is 2.17. The quantitative estimate of drug-likeness (QED) is 0.301. The second-order valence-corrected chi connectivity index (χ2v) is 9.89. The normalized spacial score (nSPS) is 11.2. The second kappa shape index (κ2) is 11.3. The molecule has 1 N–H and O–H groups in total. The van der Waals surface area contributed by atoms with E-state index in [0.29, 0.717) is 5.75 Å². The van der Waals surface area contributed by atoms with E-state index >= 15 is 0 Å². The molecule has 0 fully saturated rings. The number of aromatic hydroxyl groups is 1. The molecule has 162 valence electrons. The van der Waals surface area contributed by atoms with Gasteiger partial charge in [-0.2, -0.15) is 0 Å². The maximum absolute atomic E-state index is 9.54. The molecule has 1 atom stereocenters. The molecule has 0 amide bonds. The van der Waals surface area contributed by atoms with Crippen molar-refractivity contribution in [3.8, 4) is 16.9 Å². The van der Waals surface area contributed by atoms with Gasteiger partial charge in [0, 0.05) is 0 Å². The molecular formula is C31H27OP. The molecule has 1 nitrogen and oxygen atoms in total. The first-order chi connectivity index (χ1) is 16.2. The van der Waals surface area contributed by atoms with E-state index in [4.69, 9.17) is 0 Å². The smallest absolute Gasteiger partial charge is 0.115 e. The van der Waals surface area contributed by atoms with Crippen LogP contribution in [-0.4, -0.2) is 5.11 Å². The van der Waals surface area contributed by atoms with Crippen LogP contribution in [0.25, 0.3) is 11.1 Å². The molecule has 0 spiro atoms. The summed E-state index contributed by atoms with van der Waals surface area (Å²) in [6.07, 6.45) is 0. The Bertz CT molecular complexity index is 1210. The minimum Gasteiger partial charge on any atom is -0.508 e. The Kier molecular flexibility index (Phi) is 7.69. The zero-order chi connectivity index (χ0) is 22.9. The maximum atomic E-state index is 9.54. The third-order valence-electron chi connectivity index (χ3n) is 5.36. The van der Waals surface area contributed by atoms with E-state index in [1.165, 1.54) is 32.6 Å². The Labute approximate surface area is 197 Å². The molecule has 0 aliphatic carbocycles. The lowest BCUT2D eigenvalue weighted by atomic mass is 10.1. The van der Waals surface area contributed by atoms with Gasteiger partial charge in [-0.25, -0.2) is 0 Å². The van der Waals surface area contributed by atoms with Gasteiger partial charge in [-0.1, -0.05) is 127 Å². The van der Waals surface area contributed by atoms with E-state index in [9.17, 15) is 5.11 Å². The van der Waals surface area contributed by atoms with Crippen LogP contribution >= 0.6 is 7.92 Å². The number of benzene rings is 5. The van der Waals surface area contributed by atoms with E-state index in [-0.39, 0.29) is 0 Å². The minimum absolute atomic E-state index is 0.312. The van der Waals surface area contributed by atoms with Crippen molar-refractivity contribution in [3.05, 3.63) is 145 Å². The van der Waals surface area contributed by atoms with E-state index in [2.05, 4.69) is 104 Å². The van der Waals surface area contributed by atoms with Gasteiger partial charge in [0.1, 0.15) is 5.75 Å². The van der Waals surface area contributed by atoms with Gasteiger partial charge in [-0.3, -0.25) is 0 Å². The summed E-state index contributed by atoms with van der Waals surface area (Å²) in [5, 5.41) is 13.5. The van der Waals surface area contributed by atoms with Crippen molar-refractivity contribution in [2.45, 2.75) is 6.92 Å². The van der Waals surface area contributed by atoms with Crippen LogP contribution in [0.2, 0.25) is 0 Å². The molecule has 0 heterocycles. The topological polar surface area (TPSA) is 20.2 Å². The number of hydrogen-bond donors (Lipinski definition) is 1. The van der Waals surface area contributed by atoms with Crippen molar-refractivity contribution in [1.29, 1.82) is 0 Å². The predicted molar refractivity (Wildman–Crippen MR) is 143 cm³/mol. The highest BCUT2D eigenvalue weighted by molar-refractivity contribution is 7.79. The molecule has 5 aromatic rings. The largest absolute Gasteiger partial charge is 0.508 e. The average Bonchev–Trinajstić information content (AvgIpc) is 2.89. The summed E-state index contributed by atoms with van der Waals surface area (Å²) >= 11 is 0. The molecule has 0 saturated heterocycles. The molecule has 0 aromatic heterocycles. The van der Waals surface area contributed by atoms with Crippen molar-refractivity contribution in [2.75, 3.05) is 0 Å². The molecule has 33 heavy (non-hydrogen) atoms. The SMILES string of the molecule is Cc1ccccc1P(c1ccccc1)c1ccc(O)cc1.c1ccc(-c2ccccc2)cc1. The lowest BCUT2D eigenvalue weighted by Crippen LogP contribution is -2.22. The molecule has 5 aromatic carbocycles. The standard InChI is InChI=1S/C19H17OP.C12H10/c1-15-7-5-6-10-19(15)21(17-8-3-2-4-9-17)18-13-11-16(20)12-14-18;1-3-7-11(8-4-1)12-9-5-2-6-10-12/h2-14,20H,1H3;1-10H. The van der Waals surface area contributed by atoms with E-state index in [1.807, 2.05) is 30.3 Å². The van der Waals surface area contributed by atoms with Gasteiger partial charge in [0.05, 0.1) is 0 Å². The summed E-state index contributed by atoms with van der Waals surface area (Å²) in [5.74, 6) is 0.312. The number of phenols is 1. The van der Waals surface area contributed by atoms with E-state index in [0.717, 1.165) is 0 Å². The summed E-state index contributed by atoms with van der Waals surface area (Å²) in [7, 11) is -0.590. The Hall–Kier alpha value is -3.67. The molecular weight excluding hydrogens is 419 g/mol.